The molecule has 0 aromatic carbocycles. The Kier molecular flexibility index (Phi) is 4.01. The molecule has 3 rings (SSSR count). The summed E-state index contributed by atoms with van der Waals surface area (Å²) in [4.78, 5) is 8.80. The first-order valence-electron chi connectivity index (χ1n) is 7.70. The van der Waals surface area contributed by atoms with Gasteiger partial charge in [-0.25, -0.2) is 0 Å². The van der Waals surface area contributed by atoms with E-state index < -0.39 is 0 Å². The highest BCUT2D eigenvalue weighted by molar-refractivity contribution is 5.57. The van der Waals surface area contributed by atoms with Crippen LogP contribution in [0, 0.1) is 6.92 Å². The third-order valence-corrected chi connectivity index (χ3v) is 4.61. The highest BCUT2D eigenvalue weighted by Gasteiger charge is 2.37. The van der Waals surface area contributed by atoms with Gasteiger partial charge in [-0.05, 0) is 31.4 Å². The fraction of sp³-hybridized carbons (Fsp3) is 0.562. The van der Waals surface area contributed by atoms with Crippen molar-refractivity contribution in [1.29, 1.82) is 0 Å². The minimum atomic E-state index is -0.141. The summed E-state index contributed by atoms with van der Waals surface area (Å²) in [6, 6.07) is 1.95. The number of aryl methyl sites for hydroxylation is 1. The van der Waals surface area contributed by atoms with Gasteiger partial charge in [0.15, 0.2) is 0 Å². The lowest BCUT2D eigenvalue weighted by atomic mass is 9.80. The molecule has 112 valence electrons. The molecule has 0 atom stereocenters. The highest BCUT2D eigenvalue weighted by atomic mass is 16.5. The van der Waals surface area contributed by atoms with Crippen LogP contribution in [0.1, 0.15) is 50.0 Å². The predicted octanol–water partition coefficient (Wildman–Crippen LogP) is 2.99. The van der Waals surface area contributed by atoms with Gasteiger partial charge >= 0.3 is 0 Å². The quantitative estimate of drug-likeness (QED) is 0.878. The van der Waals surface area contributed by atoms with Crippen molar-refractivity contribution in [3.8, 4) is 11.4 Å². The molecule has 1 fully saturated rings. The van der Waals surface area contributed by atoms with Crippen molar-refractivity contribution in [3.63, 3.8) is 0 Å². The van der Waals surface area contributed by atoms with Gasteiger partial charge in [0.1, 0.15) is 0 Å². The van der Waals surface area contributed by atoms with Gasteiger partial charge in [-0.15, -0.1) is 0 Å². The van der Waals surface area contributed by atoms with Crippen molar-refractivity contribution < 1.29 is 4.52 Å². The van der Waals surface area contributed by atoms with Gasteiger partial charge in [-0.2, -0.15) is 4.98 Å². The maximum atomic E-state index is 6.08. The maximum absolute atomic E-state index is 6.08. The van der Waals surface area contributed by atoms with E-state index in [-0.39, 0.29) is 5.41 Å². The van der Waals surface area contributed by atoms with Crippen LogP contribution in [0.5, 0.6) is 0 Å². The Labute approximate surface area is 125 Å². The van der Waals surface area contributed by atoms with Crippen LogP contribution in [0.4, 0.5) is 0 Å². The lowest BCUT2D eigenvalue weighted by molar-refractivity contribution is 0.257. The van der Waals surface area contributed by atoms with Crippen molar-refractivity contribution >= 4 is 0 Å². The van der Waals surface area contributed by atoms with E-state index in [1.54, 1.807) is 12.4 Å². The highest BCUT2D eigenvalue weighted by Crippen LogP contribution is 2.37. The summed E-state index contributed by atoms with van der Waals surface area (Å²) >= 11 is 0. The number of aromatic nitrogens is 3. The largest absolute Gasteiger partial charge is 0.338 e. The van der Waals surface area contributed by atoms with E-state index in [1.807, 2.05) is 13.0 Å². The minimum Gasteiger partial charge on any atom is -0.338 e. The molecule has 2 heterocycles. The summed E-state index contributed by atoms with van der Waals surface area (Å²) < 4.78 is 5.59. The smallest absolute Gasteiger partial charge is 0.234 e. The molecule has 1 aliphatic carbocycles. The normalized spacial score (nSPS) is 18.4. The maximum Gasteiger partial charge on any atom is 0.234 e. The average molecular weight is 286 g/mol. The van der Waals surface area contributed by atoms with Gasteiger partial charge in [0.25, 0.3) is 0 Å². The third-order valence-electron chi connectivity index (χ3n) is 4.61. The van der Waals surface area contributed by atoms with E-state index >= 15 is 0 Å². The molecule has 0 amide bonds. The zero-order valence-electron chi connectivity index (χ0n) is 12.5. The fourth-order valence-electron chi connectivity index (χ4n) is 3.16. The Morgan fingerprint density at radius 3 is 2.67 bits per heavy atom. The Bertz CT molecular complexity index is 600. The van der Waals surface area contributed by atoms with Crippen molar-refractivity contribution in [2.24, 2.45) is 5.73 Å². The first-order valence-corrected chi connectivity index (χ1v) is 7.70. The van der Waals surface area contributed by atoms with E-state index in [4.69, 9.17) is 10.3 Å². The van der Waals surface area contributed by atoms with E-state index in [2.05, 4.69) is 15.1 Å². The molecule has 5 heteroatoms. The summed E-state index contributed by atoms with van der Waals surface area (Å²) in [6.45, 7) is 2.60. The van der Waals surface area contributed by atoms with Crippen LogP contribution in [0.3, 0.4) is 0 Å². The van der Waals surface area contributed by atoms with Crippen LogP contribution >= 0.6 is 0 Å². The molecular formula is C16H22N4O. The molecular weight excluding hydrogens is 264 g/mol. The second-order valence-electron chi connectivity index (χ2n) is 6.01. The monoisotopic (exact) mass is 286 g/mol. The Morgan fingerprint density at radius 2 is 2.00 bits per heavy atom. The van der Waals surface area contributed by atoms with Gasteiger partial charge in [-0.3, -0.25) is 4.98 Å². The van der Waals surface area contributed by atoms with Crippen LogP contribution in [-0.4, -0.2) is 21.7 Å². The van der Waals surface area contributed by atoms with Crippen LogP contribution in [0.25, 0.3) is 11.4 Å². The molecule has 0 saturated heterocycles. The topological polar surface area (TPSA) is 77.8 Å². The van der Waals surface area contributed by atoms with Crippen molar-refractivity contribution in [2.45, 2.75) is 50.9 Å². The summed E-state index contributed by atoms with van der Waals surface area (Å²) in [6.07, 6.45) is 10.5. The van der Waals surface area contributed by atoms with E-state index in [1.165, 1.54) is 25.7 Å². The van der Waals surface area contributed by atoms with E-state index in [0.717, 1.165) is 24.0 Å². The second kappa shape index (κ2) is 5.93. The SMILES string of the molecule is Cc1ccncc1-c1noc(C2(CN)CCCCCC2)n1. The molecule has 1 aliphatic rings. The van der Waals surface area contributed by atoms with Gasteiger partial charge in [0.2, 0.25) is 11.7 Å². The number of nitrogens with zero attached hydrogens (tertiary/aromatic N) is 3. The van der Waals surface area contributed by atoms with E-state index in [0.29, 0.717) is 18.3 Å². The van der Waals surface area contributed by atoms with Gasteiger partial charge < -0.3 is 10.3 Å². The average Bonchev–Trinajstić information content (AvgIpc) is 2.87. The fourth-order valence-corrected chi connectivity index (χ4v) is 3.16. The minimum absolute atomic E-state index is 0.141. The van der Waals surface area contributed by atoms with E-state index in [9.17, 15) is 0 Å². The summed E-state index contributed by atoms with van der Waals surface area (Å²) in [7, 11) is 0. The van der Waals surface area contributed by atoms with Crippen LogP contribution in [-0.2, 0) is 5.41 Å². The molecule has 0 aliphatic heterocycles. The molecule has 21 heavy (non-hydrogen) atoms. The summed E-state index contributed by atoms with van der Waals surface area (Å²) in [5.41, 5.74) is 7.96. The molecule has 0 radical (unpaired) electrons. The van der Waals surface area contributed by atoms with Crippen LogP contribution in [0.15, 0.2) is 23.0 Å². The molecule has 2 N–H and O–H groups in total. The second-order valence-corrected chi connectivity index (χ2v) is 6.01. The van der Waals surface area contributed by atoms with Crippen LogP contribution in [0.2, 0.25) is 0 Å². The third kappa shape index (κ3) is 2.70. The number of nitrogens with two attached hydrogens (primary N) is 1. The van der Waals surface area contributed by atoms with Gasteiger partial charge in [0.05, 0.1) is 5.41 Å². The Hall–Kier alpha value is -1.75. The molecule has 2 aromatic rings. The predicted molar refractivity (Wildman–Crippen MR) is 80.7 cm³/mol. The van der Waals surface area contributed by atoms with Crippen molar-refractivity contribution in [2.75, 3.05) is 6.54 Å². The Balaban J connectivity index is 1.95. The number of pyridine rings is 1. The zero-order valence-corrected chi connectivity index (χ0v) is 12.5. The first-order chi connectivity index (χ1) is 10.2. The molecule has 1 saturated carbocycles. The first kappa shape index (κ1) is 14.2. The van der Waals surface area contributed by atoms with Crippen molar-refractivity contribution in [3.05, 3.63) is 29.9 Å². The summed E-state index contributed by atoms with van der Waals surface area (Å²) in [5, 5.41) is 4.16. The number of hydrogen-bond donors (Lipinski definition) is 1. The van der Waals surface area contributed by atoms with Crippen LogP contribution < -0.4 is 5.73 Å². The molecule has 0 unspecified atom stereocenters. The number of hydrogen-bond acceptors (Lipinski definition) is 5. The molecule has 2 aromatic heterocycles. The van der Waals surface area contributed by atoms with Gasteiger partial charge in [-0.1, -0.05) is 30.8 Å². The number of rotatable bonds is 3. The lowest BCUT2D eigenvalue weighted by Gasteiger charge is -2.26. The van der Waals surface area contributed by atoms with Gasteiger partial charge in [0, 0.05) is 24.5 Å². The molecule has 0 spiro atoms. The molecule has 0 bridgehead atoms. The Morgan fingerprint density at radius 1 is 1.24 bits per heavy atom. The standard InChI is InChI=1S/C16H22N4O/c1-12-6-9-18-10-13(12)14-19-15(21-20-14)16(11-17)7-4-2-3-5-8-16/h6,9-10H,2-5,7-8,11,17H2,1H3. The molecule has 5 nitrogen and oxygen atoms in total. The van der Waals surface area contributed by atoms with Crippen molar-refractivity contribution in [1.82, 2.24) is 15.1 Å². The zero-order chi connectivity index (χ0) is 14.7. The lowest BCUT2D eigenvalue weighted by Crippen LogP contribution is -2.35. The summed E-state index contributed by atoms with van der Waals surface area (Å²) in [5.74, 6) is 1.32.